The van der Waals surface area contributed by atoms with E-state index in [1.807, 2.05) is 29.2 Å². The number of fused-ring (bicyclic) bond motifs is 1. The Hall–Kier alpha value is -1.26. The van der Waals surface area contributed by atoms with E-state index < -0.39 is 0 Å². The standard InChI is InChI=1S/C15H20N2O2.ClH/c16-11-5-8-17(9-6-11)15(18)13-7-10-19-14-4-2-1-3-12(13)14;/h1-4,11,13H,5-10,16H2;1H. The maximum atomic E-state index is 12.7. The van der Waals surface area contributed by atoms with Gasteiger partial charge >= 0.3 is 0 Å². The molecule has 1 atom stereocenters. The first-order chi connectivity index (χ1) is 9.25. The molecule has 0 aromatic heterocycles. The Bertz CT molecular complexity index is 473. The van der Waals surface area contributed by atoms with E-state index >= 15 is 0 Å². The van der Waals surface area contributed by atoms with Gasteiger partial charge in [0.2, 0.25) is 5.91 Å². The van der Waals surface area contributed by atoms with Crippen LogP contribution in [0, 0.1) is 0 Å². The van der Waals surface area contributed by atoms with Gasteiger partial charge in [-0.2, -0.15) is 0 Å². The molecule has 1 unspecified atom stereocenters. The fourth-order valence-corrected chi connectivity index (χ4v) is 2.94. The van der Waals surface area contributed by atoms with Crippen LogP contribution >= 0.6 is 12.4 Å². The number of hydrogen-bond acceptors (Lipinski definition) is 3. The molecule has 0 saturated carbocycles. The molecule has 1 saturated heterocycles. The highest BCUT2D eigenvalue weighted by atomic mass is 35.5. The third-order valence-corrected chi connectivity index (χ3v) is 4.11. The fraction of sp³-hybridized carbons (Fsp3) is 0.533. The molecule has 0 spiro atoms. The molecule has 1 aromatic carbocycles. The third-order valence-electron chi connectivity index (χ3n) is 4.11. The molecule has 20 heavy (non-hydrogen) atoms. The van der Waals surface area contributed by atoms with Gasteiger partial charge in [-0.05, 0) is 25.3 Å². The minimum Gasteiger partial charge on any atom is -0.493 e. The van der Waals surface area contributed by atoms with Gasteiger partial charge in [0.25, 0.3) is 0 Å². The molecule has 2 aliphatic rings. The number of hydrogen-bond donors (Lipinski definition) is 1. The van der Waals surface area contributed by atoms with E-state index in [9.17, 15) is 4.79 Å². The van der Waals surface area contributed by atoms with Crippen molar-refractivity contribution in [2.24, 2.45) is 5.73 Å². The van der Waals surface area contributed by atoms with Crippen LogP contribution in [-0.4, -0.2) is 36.5 Å². The van der Waals surface area contributed by atoms with E-state index in [-0.39, 0.29) is 30.3 Å². The summed E-state index contributed by atoms with van der Waals surface area (Å²) in [5.41, 5.74) is 6.93. The molecule has 2 N–H and O–H groups in total. The van der Waals surface area contributed by atoms with Crippen LogP contribution in [0.25, 0.3) is 0 Å². The average Bonchev–Trinajstić information content (AvgIpc) is 2.47. The second-order valence-corrected chi connectivity index (χ2v) is 5.39. The van der Waals surface area contributed by atoms with Gasteiger partial charge in [0.1, 0.15) is 5.75 Å². The Balaban J connectivity index is 0.00000147. The normalized spacial score (nSPS) is 22.4. The van der Waals surface area contributed by atoms with Crippen LogP contribution in [0.5, 0.6) is 5.75 Å². The van der Waals surface area contributed by atoms with Crippen molar-refractivity contribution in [2.45, 2.75) is 31.2 Å². The van der Waals surface area contributed by atoms with Gasteiger partial charge < -0.3 is 15.4 Å². The highest BCUT2D eigenvalue weighted by Gasteiger charge is 2.32. The van der Waals surface area contributed by atoms with Crippen molar-refractivity contribution in [1.29, 1.82) is 0 Å². The maximum Gasteiger partial charge on any atom is 0.230 e. The number of rotatable bonds is 1. The highest BCUT2D eigenvalue weighted by Crippen LogP contribution is 2.34. The maximum absolute atomic E-state index is 12.7. The number of para-hydroxylation sites is 1. The number of halogens is 1. The molecule has 5 heteroatoms. The zero-order chi connectivity index (χ0) is 13.2. The highest BCUT2D eigenvalue weighted by molar-refractivity contribution is 5.85. The van der Waals surface area contributed by atoms with Crippen LogP contribution in [0.2, 0.25) is 0 Å². The molecule has 3 rings (SSSR count). The number of benzene rings is 1. The lowest BCUT2D eigenvalue weighted by Gasteiger charge is -2.34. The summed E-state index contributed by atoms with van der Waals surface area (Å²) in [4.78, 5) is 14.6. The smallest absolute Gasteiger partial charge is 0.230 e. The predicted octanol–water partition coefficient (Wildman–Crippen LogP) is 1.92. The van der Waals surface area contributed by atoms with Gasteiger partial charge in [-0.15, -0.1) is 12.4 Å². The molecule has 0 aliphatic carbocycles. The van der Waals surface area contributed by atoms with Gasteiger partial charge in [-0.3, -0.25) is 4.79 Å². The first-order valence-electron chi connectivity index (χ1n) is 7.02. The second-order valence-electron chi connectivity index (χ2n) is 5.39. The van der Waals surface area contributed by atoms with Crippen molar-refractivity contribution in [3.05, 3.63) is 29.8 Å². The number of likely N-dealkylation sites (tertiary alicyclic amines) is 1. The molecule has 1 fully saturated rings. The largest absolute Gasteiger partial charge is 0.493 e. The van der Waals surface area contributed by atoms with Gasteiger partial charge in [0.15, 0.2) is 0 Å². The van der Waals surface area contributed by atoms with Gasteiger partial charge in [-0.25, -0.2) is 0 Å². The summed E-state index contributed by atoms with van der Waals surface area (Å²) in [6, 6.07) is 8.13. The van der Waals surface area contributed by atoms with Crippen molar-refractivity contribution in [3.8, 4) is 5.75 Å². The lowest BCUT2D eigenvalue weighted by Crippen LogP contribution is -2.45. The van der Waals surface area contributed by atoms with Crippen LogP contribution in [0.15, 0.2) is 24.3 Å². The summed E-state index contributed by atoms with van der Waals surface area (Å²) in [6.45, 7) is 2.21. The number of nitrogens with zero attached hydrogens (tertiary/aromatic N) is 1. The molecule has 0 radical (unpaired) electrons. The number of piperidine rings is 1. The molecular formula is C15H21ClN2O2. The minimum absolute atomic E-state index is 0. The van der Waals surface area contributed by atoms with Crippen molar-refractivity contribution in [3.63, 3.8) is 0 Å². The summed E-state index contributed by atoms with van der Waals surface area (Å²) in [5.74, 6) is 1.06. The first kappa shape index (κ1) is 15.1. The Kier molecular flexibility index (Phi) is 4.89. The molecule has 110 valence electrons. The summed E-state index contributed by atoms with van der Waals surface area (Å²) in [5, 5.41) is 0. The quantitative estimate of drug-likeness (QED) is 0.861. The van der Waals surface area contributed by atoms with Crippen LogP contribution in [0.4, 0.5) is 0 Å². The van der Waals surface area contributed by atoms with E-state index in [2.05, 4.69) is 0 Å². The summed E-state index contributed by atoms with van der Waals surface area (Å²) in [6.07, 6.45) is 2.60. The van der Waals surface area contributed by atoms with Crippen LogP contribution in [0.1, 0.15) is 30.7 Å². The second kappa shape index (κ2) is 6.46. The Morgan fingerprint density at radius 1 is 1.20 bits per heavy atom. The number of amides is 1. The summed E-state index contributed by atoms with van der Waals surface area (Å²) >= 11 is 0. The Morgan fingerprint density at radius 2 is 1.90 bits per heavy atom. The average molecular weight is 297 g/mol. The lowest BCUT2D eigenvalue weighted by molar-refractivity contribution is -0.134. The molecule has 4 nitrogen and oxygen atoms in total. The van der Waals surface area contributed by atoms with Crippen molar-refractivity contribution in [2.75, 3.05) is 19.7 Å². The molecule has 0 bridgehead atoms. The van der Waals surface area contributed by atoms with Crippen LogP contribution in [0.3, 0.4) is 0 Å². The van der Waals surface area contributed by atoms with E-state index in [0.717, 1.165) is 43.7 Å². The minimum atomic E-state index is -0.0423. The van der Waals surface area contributed by atoms with E-state index in [1.54, 1.807) is 0 Å². The predicted molar refractivity (Wildman–Crippen MR) is 80.3 cm³/mol. The fourth-order valence-electron chi connectivity index (χ4n) is 2.94. The molecule has 2 aliphatic heterocycles. The Labute approximate surface area is 125 Å². The van der Waals surface area contributed by atoms with Crippen LogP contribution in [-0.2, 0) is 4.79 Å². The number of carbonyl (C=O) groups excluding carboxylic acids is 1. The van der Waals surface area contributed by atoms with Gasteiger partial charge in [0, 0.05) is 24.7 Å². The van der Waals surface area contributed by atoms with Crippen molar-refractivity contribution >= 4 is 18.3 Å². The van der Waals surface area contributed by atoms with Gasteiger partial charge in [0.05, 0.1) is 12.5 Å². The number of carbonyl (C=O) groups is 1. The van der Waals surface area contributed by atoms with E-state index in [4.69, 9.17) is 10.5 Å². The summed E-state index contributed by atoms with van der Waals surface area (Å²) in [7, 11) is 0. The Morgan fingerprint density at radius 3 is 2.65 bits per heavy atom. The lowest BCUT2D eigenvalue weighted by atomic mass is 9.91. The van der Waals surface area contributed by atoms with Gasteiger partial charge in [-0.1, -0.05) is 18.2 Å². The monoisotopic (exact) mass is 296 g/mol. The van der Waals surface area contributed by atoms with E-state index in [0.29, 0.717) is 6.61 Å². The first-order valence-corrected chi connectivity index (χ1v) is 7.02. The zero-order valence-electron chi connectivity index (χ0n) is 11.5. The molecule has 1 aromatic rings. The summed E-state index contributed by atoms with van der Waals surface area (Å²) < 4.78 is 5.62. The zero-order valence-corrected chi connectivity index (χ0v) is 12.3. The molecule has 1 amide bonds. The number of ether oxygens (including phenoxy) is 1. The molecular weight excluding hydrogens is 276 g/mol. The number of nitrogens with two attached hydrogens (primary N) is 1. The molecule has 2 heterocycles. The SMILES string of the molecule is Cl.NC1CCN(C(=O)C2CCOc3ccccc32)CC1. The van der Waals surface area contributed by atoms with Crippen molar-refractivity contribution in [1.82, 2.24) is 4.90 Å². The topological polar surface area (TPSA) is 55.6 Å². The third kappa shape index (κ3) is 2.91. The van der Waals surface area contributed by atoms with Crippen LogP contribution < -0.4 is 10.5 Å². The van der Waals surface area contributed by atoms with Crippen molar-refractivity contribution < 1.29 is 9.53 Å². The van der Waals surface area contributed by atoms with E-state index in [1.165, 1.54) is 0 Å².